The van der Waals surface area contributed by atoms with Crippen molar-refractivity contribution in [2.75, 3.05) is 40.1 Å². The number of allylic oxidation sites excluding steroid dienone is 1. The Balaban J connectivity index is 0.000000545. The third-order valence-corrected chi connectivity index (χ3v) is 6.12. The second kappa shape index (κ2) is 17.7. The molecule has 0 bridgehead atoms. The molecule has 230 valence electrons. The Morgan fingerprint density at radius 3 is 2.22 bits per heavy atom. The van der Waals surface area contributed by atoms with Crippen LogP contribution in [0.2, 0.25) is 5.02 Å². The molecule has 15 heteroatoms. The number of methoxy groups -OCH3 is 1. The van der Waals surface area contributed by atoms with Crippen molar-refractivity contribution in [2.45, 2.75) is 44.2 Å². The molecular weight excluding hydrogens is 568 g/mol. The Hall–Kier alpha value is -3.08. The number of nitrogens with one attached hydrogen (secondary N) is 1. The van der Waals surface area contributed by atoms with Crippen molar-refractivity contribution >= 4 is 29.5 Å². The van der Waals surface area contributed by atoms with Crippen LogP contribution >= 0.6 is 11.6 Å². The normalized spacial score (nSPS) is 17.9. The monoisotopic (exact) mass is 604 g/mol. The second-order valence-corrected chi connectivity index (χ2v) is 8.99. The van der Waals surface area contributed by atoms with Crippen LogP contribution in [-0.4, -0.2) is 113 Å². The van der Waals surface area contributed by atoms with E-state index in [1.807, 2.05) is 0 Å². The molecule has 41 heavy (non-hydrogen) atoms. The number of esters is 2. The van der Waals surface area contributed by atoms with Gasteiger partial charge in [-0.25, -0.2) is 14.4 Å². The average Bonchev–Trinajstić information content (AvgIpc) is 2.95. The molecule has 0 saturated carbocycles. The fourth-order valence-corrected chi connectivity index (χ4v) is 4.03. The third-order valence-electron chi connectivity index (χ3n) is 5.78. The van der Waals surface area contributed by atoms with E-state index >= 15 is 0 Å². The molecule has 14 nitrogen and oxygen atoms in total. The number of rotatable bonds is 13. The SMILES string of the molecule is CCOC(=O)C1=C(COCCN)NC(C)=C(C(=O)OC)[C@@H]1c1ccccc1Cl.O=C(O)[C@H](O)[C@@H](O)[C@H](O)[C@H](O)CO. The molecule has 2 rings (SSSR count). The molecule has 0 amide bonds. The highest BCUT2D eigenvalue weighted by Gasteiger charge is 2.39. The summed E-state index contributed by atoms with van der Waals surface area (Å²) < 4.78 is 15.8. The summed E-state index contributed by atoms with van der Waals surface area (Å²) >= 11 is 6.42. The molecule has 1 aliphatic rings. The molecule has 1 aromatic carbocycles. The minimum atomic E-state index is -2.20. The first-order valence-corrected chi connectivity index (χ1v) is 12.8. The first kappa shape index (κ1) is 35.9. The van der Waals surface area contributed by atoms with E-state index in [2.05, 4.69) is 5.32 Å². The van der Waals surface area contributed by atoms with E-state index in [9.17, 15) is 14.4 Å². The third kappa shape index (κ3) is 9.76. The fourth-order valence-electron chi connectivity index (χ4n) is 3.79. The molecule has 0 spiro atoms. The summed E-state index contributed by atoms with van der Waals surface area (Å²) in [6, 6.07) is 7.05. The summed E-state index contributed by atoms with van der Waals surface area (Å²) in [7, 11) is 1.29. The van der Waals surface area contributed by atoms with Crippen molar-refractivity contribution in [3.63, 3.8) is 0 Å². The molecule has 0 aromatic heterocycles. The molecule has 0 fully saturated rings. The maximum absolute atomic E-state index is 12.9. The van der Waals surface area contributed by atoms with Crippen LogP contribution in [-0.2, 0) is 28.6 Å². The van der Waals surface area contributed by atoms with Crippen molar-refractivity contribution in [3.05, 3.63) is 57.4 Å². The standard InChI is InChI=1S/C20H25ClN2O5.C6H12O7/c1-4-28-20(25)18-15(11-27-10-9-22)23-12(2)16(19(24)26-3)17(18)13-7-5-6-8-14(13)21;7-1-2(8)3(9)4(10)5(11)6(12)13/h5-8,17,23H,4,9-11,22H2,1-3H3;2-5,7-11H,1H2,(H,12,13)/t17-;2-,3-,4+,5-/m01/s1. The highest BCUT2D eigenvalue weighted by Crippen LogP contribution is 2.41. The van der Waals surface area contributed by atoms with E-state index in [0.717, 1.165) is 0 Å². The van der Waals surface area contributed by atoms with E-state index in [1.54, 1.807) is 38.1 Å². The van der Waals surface area contributed by atoms with Gasteiger partial charge in [-0.15, -0.1) is 0 Å². The van der Waals surface area contributed by atoms with Gasteiger partial charge in [-0.3, -0.25) is 0 Å². The van der Waals surface area contributed by atoms with Crippen LogP contribution in [0.25, 0.3) is 0 Å². The fraction of sp³-hybridized carbons (Fsp3) is 0.500. The predicted molar refractivity (Wildman–Crippen MR) is 144 cm³/mol. The minimum Gasteiger partial charge on any atom is -0.479 e. The van der Waals surface area contributed by atoms with Gasteiger partial charge in [0, 0.05) is 17.3 Å². The molecule has 1 aliphatic heterocycles. The van der Waals surface area contributed by atoms with Gasteiger partial charge in [0.15, 0.2) is 6.10 Å². The van der Waals surface area contributed by atoms with E-state index in [-0.39, 0.29) is 18.8 Å². The molecule has 1 aromatic rings. The quantitative estimate of drug-likeness (QED) is 0.0972. The van der Waals surface area contributed by atoms with Gasteiger partial charge in [0.2, 0.25) is 0 Å². The van der Waals surface area contributed by atoms with Crippen molar-refractivity contribution in [3.8, 4) is 0 Å². The van der Waals surface area contributed by atoms with Crippen molar-refractivity contribution < 1.29 is 59.2 Å². The van der Waals surface area contributed by atoms with E-state index in [0.29, 0.717) is 40.7 Å². The molecule has 0 aliphatic carbocycles. The lowest BCUT2D eigenvalue weighted by Gasteiger charge is -2.31. The molecule has 5 atom stereocenters. The number of halogens is 1. The summed E-state index contributed by atoms with van der Waals surface area (Å²) in [5.41, 5.74) is 7.70. The number of nitrogens with two attached hydrogens (primary N) is 1. The van der Waals surface area contributed by atoms with Gasteiger partial charge >= 0.3 is 17.9 Å². The summed E-state index contributed by atoms with van der Waals surface area (Å²) in [4.78, 5) is 35.6. The number of carboxylic acid groups (broad SMARTS) is 1. The molecule has 1 heterocycles. The van der Waals surface area contributed by atoms with Crippen LogP contribution in [0.4, 0.5) is 0 Å². The molecular formula is C26H37ClN2O12. The zero-order valence-corrected chi connectivity index (χ0v) is 23.6. The van der Waals surface area contributed by atoms with Crippen LogP contribution < -0.4 is 11.1 Å². The Morgan fingerprint density at radius 1 is 1.07 bits per heavy atom. The van der Waals surface area contributed by atoms with Crippen molar-refractivity contribution in [1.29, 1.82) is 0 Å². The predicted octanol–water partition coefficient (Wildman–Crippen LogP) is -1.23. The van der Waals surface area contributed by atoms with Gasteiger partial charge in [0.25, 0.3) is 0 Å². The largest absolute Gasteiger partial charge is 0.479 e. The Bertz CT molecular complexity index is 1110. The maximum Gasteiger partial charge on any atom is 0.336 e. The number of ether oxygens (including phenoxy) is 3. The number of benzene rings is 1. The number of carbonyl (C=O) groups is 3. The van der Waals surface area contributed by atoms with Gasteiger partial charge in [0.05, 0.1) is 56.3 Å². The number of carbonyl (C=O) groups excluding carboxylic acids is 2. The van der Waals surface area contributed by atoms with E-state index in [1.165, 1.54) is 7.11 Å². The minimum absolute atomic E-state index is 0.109. The summed E-state index contributed by atoms with van der Waals surface area (Å²) in [5, 5.41) is 55.3. The van der Waals surface area contributed by atoms with Crippen molar-refractivity contribution in [1.82, 2.24) is 5.32 Å². The summed E-state index contributed by atoms with van der Waals surface area (Å²) in [6.07, 6.45) is -7.84. The lowest BCUT2D eigenvalue weighted by atomic mass is 9.80. The summed E-state index contributed by atoms with van der Waals surface area (Å²) in [6.45, 7) is 3.57. The molecule has 0 saturated heterocycles. The Labute approximate surface area is 241 Å². The highest BCUT2D eigenvalue weighted by molar-refractivity contribution is 6.31. The first-order chi connectivity index (χ1) is 19.4. The smallest absolute Gasteiger partial charge is 0.336 e. The lowest BCUT2D eigenvalue weighted by molar-refractivity contribution is -0.164. The van der Waals surface area contributed by atoms with Crippen LogP contribution in [0, 0.1) is 0 Å². The summed E-state index contributed by atoms with van der Waals surface area (Å²) in [5.74, 6) is -3.59. The number of aliphatic hydroxyl groups excluding tert-OH is 5. The van der Waals surface area contributed by atoms with Gasteiger partial charge in [-0.1, -0.05) is 29.8 Å². The van der Waals surface area contributed by atoms with E-state index in [4.69, 9.17) is 62.2 Å². The first-order valence-electron chi connectivity index (χ1n) is 12.4. The molecule has 0 radical (unpaired) electrons. The van der Waals surface area contributed by atoms with Gasteiger partial charge in [0.1, 0.15) is 18.3 Å². The zero-order chi connectivity index (χ0) is 31.3. The average molecular weight is 605 g/mol. The van der Waals surface area contributed by atoms with Gasteiger partial charge in [-0.05, 0) is 25.5 Å². The van der Waals surface area contributed by atoms with E-state index < -0.39 is 54.8 Å². The van der Waals surface area contributed by atoms with Crippen LogP contribution in [0.5, 0.6) is 0 Å². The molecule has 0 unspecified atom stereocenters. The van der Waals surface area contributed by atoms with Gasteiger partial charge < -0.3 is 55.9 Å². The van der Waals surface area contributed by atoms with Gasteiger partial charge in [-0.2, -0.15) is 0 Å². The number of hydrogen-bond acceptors (Lipinski definition) is 13. The molecule has 9 N–H and O–H groups in total. The Kier molecular flexibility index (Phi) is 15.5. The van der Waals surface area contributed by atoms with Crippen molar-refractivity contribution in [2.24, 2.45) is 5.73 Å². The van der Waals surface area contributed by atoms with Crippen LogP contribution in [0.1, 0.15) is 25.3 Å². The number of hydrogen-bond donors (Lipinski definition) is 8. The maximum atomic E-state index is 12.9. The topological polar surface area (TPSA) is 238 Å². The number of dihydropyridines is 1. The highest BCUT2D eigenvalue weighted by atomic mass is 35.5. The Morgan fingerprint density at radius 2 is 1.71 bits per heavy atom. The second-order valence-electron chi connectivity index (χ2n) is 8.58. The number of aliphatic hydroxyl groups is 5. The zero-order valence-electron chi connectivity index (χ0n) is 22.8. The van der Waals surface area contributed by atoms with Crippen LogP contribution in [0.3, 0.4) is 0 Å². The van der Waals surface area contributed by atoms with Crippen LogP contribution in [0.15, 0.2) is 46.8 Å². The number of aliphatic carboxylic acids is 1. The lowest BCUT2D eigenvalue weighted by Crippen LogP contribution is -2.48. The number of carboxylic acids is 1.